The Morgan fingerprint density at radius 1 is 1.00 bits per heavy atom. The molecule has 1 aromatic heterocycles. The highest BCUT2D eigenvalue weighted by atomic mass is 19.4. The summed E-state index contributed by atoms with van der Waals surface area (Å²) in [4.78, 5) is 15.9. The highest BCUT2D eigenvalue weighted by molar-refractivity contribution is 6.04. The summed E-state index contributed by atoms with van der Waals surface area (Å²) in [6.07, 6.45) is -4.58. The highest BCUT2D eigenvalue weighted by Crippen LogP contribution is 2.35. The van der Waals surface area contributed by atoms with Crippen LogP contribution in [0.3, 0.4) is 0 Å². The number of pyridine rings is 1. The van der Waals surface area contributed by atoms with Crippen LogP contribution in [-0.4, -0.2) is 30.3 Å². The van der Waals surface area contributed by atoms with E-state index in [0.717, 1.165) is 18.2 Å². The van der Waals surface area contributed by atoms with E-state index >= 15 is 0 Å². The quantitative estimate of drug-likeness (QED) is 0.718. The molecule has 3 aromatic rings. The standard InChI is InChI=1S/C19H14F3NO4/c1-26-16-6-3-10(7-17(16)27-2)15-9-13(18(24)25)12-8-11(19(20,21)22)4-5-14(12)23-15/h3-9H,1-2H3,(H,24,25). The molecule has 0 unspecified atom stereocenters. The van der Waals surface area contributed by atoms with Gasteiger partial charge in [-0.2, -0.15) is 13.2 Å². The molecule has 5 nitrogen and oxygen atoms in total. The Balaban J connectivity index is 2.23. The van der Waals surface area contributed by atoms with Crippen LogP contribution in [-0.2, 0) is 6.18 Å². The van der Waals surface area contributed by atoms with Crippen LogP contribution in [0.25, 0.3) is 22.2 Å². The molecular formula is C19H14F3NO4. The Bertz CT molecular complexity index is 1030. The number of hydrogen-bond donors (Lipinski definition) is 1. The predicted octanol–water partition coefficient (Wildman–Crippen LogP) is 4.64. The maximum atomic E-state index is 13.0. The van der Waals surface area contributed by atoms with E-state index in [1.165, 1.54) is 20.3 Å². The van der Waals surface area contributed by atoms with Crippen LogP contribution in [0.2, 0.25) is 0 Å². The van der Waals surface area contributed by atoms with Gasteiger partial charge in [0.15, 0.2) is 11.5 Å². The summed E-state index contributed by atoms with van der Waals surface area (Å²) in [6, 6.07) is 8.98. The van der Waals surface area contributed by atoms with Crippen LogP contribution in [0, 0.1) is 0 Å². The van der Waals surface area contributed by atoms with Crippen LogP contribution in [0.1, 0.15) is 15.9 Å². The first-order valence-electron chi connectivity index (χ1n) is 7.72. The van der Waals surface area contributed by atoms with Crippen LogP contribution in [0.4, 0.5) is 13.2 Å². The van der Waals surface area contributed by atoms with Crippen molar-refractivity contribution in [2.45, 2.75) is 6.18 Å². The van der Waals surface area contributed by atoms with Gasteiger partial charge in [0.1, 0.15) is 0 Å². The van der Waals surface area contributed by atoms with Gasteiger partial charge in [0.05, 0.1) is 36.6 Å². The number of nitrogens with zero attached hydrogens (tertiary/aromatic N) is 1. The molecule has 27 heavy (non-hydrogen) atoms. The number of carboxylic acid groups (broad SMARTS) is 1. The summed E-state index contributed by atoms with van der Waals surface area (Å²) in [5.74, 6) is -0.444. The number of ether oxygens (including phenoxy) is 2. The lowest BCUT2D eigenvalue weighted by molar-refractivity contribution is -0.137. The minimum Gasteiger partial charge on any atom is -0.493 e. The molecule has 0 aliphatic rings. The van der Waals surface area contributed by atoms with Crippen molar-refractivity contribution < 1.29 is 32.5 Å². The van der Waals surface area contributed by atoms with E-state index in [0.29, 0.717) is 22.8 Å². The van der Waals surface area contributed by atoms with E-state index in [-0.39, 0.29) is 16.5 Å². The SMILES string of the molecule is COc1ccc(-c2cc(C(=O)O)c3cc(C(F)(F)F)ccc3n2)cc1OC. The first-order chi connectivity index (χ1) is 12.7. The van der Waals surface area contributed by atoms with Gasteiger partial charge in [0.25, 0.3) is 0 Å². The number of aromatic nitrogens is 1. The first-order valence-corrected chi connectivity index (χ1v) is 7.72. The Hall–Kier alpha value is -3.29. The molecule has 8 heteroatoms. The van der Waals surface area contributed by atoms with Crippen molar-refractivity contribution in [3.63, 3.8) is 0 Å². The molecule has 0 amide bonds. The van der Waals surface area contributed by atoms with E-state index in [1.54, 1.807) is 18.2 Å². The number of alkyl halides is 3. The number of halogens is 3. The zero-order valence-electron chi connectivity index (χ0n) is 14.3. The van der Waals surface area contributed by atoms with Gasteiger partial charge in [0.2, 0.25) is 0 Å². The van der Waals surface area contributed by atoms with Gasteiger partial charge in [-0.1, -0.05) is 0 Å². The minimum absolute atomic E-state index is 0.0819. The van der Waals surface area contributed by atoms with Crippen molar-refractivity contribution in [2.24, 2.45) is 0 Å². The molecule has 0 bridgehead atoms. The minimum atomic E-state index is -4.58. The van der Waals surface area contributed by atoms with Gasteiger partial charge in [-0.05, 0) is 42.5 Å². The van der Waals surface area contributed by atoms with Gasteiger partial charge in [-0.25, -0.2) is 9.78 Å². The Morgan fingerprint density at radius 3 is 2.30 bits per heavy atom. The number of hydrogen-bond acceptors (Lipinski definition) is 4. The van der Waals surface area contributed by atoms with Crippen LogP contribution < -0.4 is 9.47 Å². The van der Waals surface area contributed by atoms with E-state index in [2.05, 4.69) is 4.98 Å². The van der Waals surface area contributed by atoms with Gasteiger partial charge in [-0.3, -0.25) is 0 Å². The molecule has 140 valence electrons. The van der Waals surface area contributed by atoms with Gasteiger partial charge < -0.3 is 14.6 Å². The third-order valence-corrected chi connectivity index (χ3v) is 4.05. The van der Waals surface area contributed by atoms with E-state index in [9.17, 15) is 23.1 Å². The zero-order valence-corrected chi connectivity index (χ0v) is 14.3. The molecule has 0 saturated carbocycles. The largest absolute Gasteiger partial charge is 0.493 e. The molecule has 0 atom stereocenters. The van der Waals surface area contributed by atoms with Gasteiger partial charge in [-0.15, -0.1) is 0 Å². The molecule has 0 aliphatic heterocycles. The van der Waals surface area contributed by atoms with Crippen molar-refractivity contribution in [3.05, 3.63) is 53.6 Å². The fourth-order valence-electron chi connectivity index (χ4n) is 2.72. The van der Waals surface area contributed by atoms with E-state index in [1.807, 2.05) is 0 Å². The molecule has 1 heterocycles. The van der Waals surface area contributed by atoms with Crippen molar-refractivity contribution in [1.82, 2.24) is 4.98 Å². The van der Waals surface area contributed by atoms with Crippen LogP contribution in [0.5, 0.6) is 11.5 Å². The second kappa shape index (κ2) is 6.79. The zero-order chi connectivity index (χ0) is 19.8. The van der Waals surface area contributed by atoms with Crippen molar-refractivity contribution in [3.8, 4) is 22.8 Å². The summed E-state index contributed by atoms with van der Waals surface area (Å²) in [6.45, 7) is 0. The highest BCUT2D eigenvalue weighted by Gasteiger charge is 2.31. The lowest BCUT2D eigenvalue weighted by atomic mass is 10.0. The number of aromatic carboxylic acids is 1. The van der Waals surface area contributed by atoms with Crippen LogP contribution in [0.15, 0.2) is 42.5 Å². The Morgan fingerprint density at radius 2 is 1.70 bits per heavy atom. The Labute approximate surface area is 152 Å². The molecule has 0 aliphatic carbocycles. The number of carboxylic acids is 1. The molecule has 0 spiro atoms. The maximum absolute atomic E-state index is 13.0. The molecular weight excluding hydrogens is 363 g/mol. The third kappa shape index (κ3) is 3.51. The summed E-state index contributed by atoms with van der Waals surface area (Å²) < 4.78 is 49.2. The maximum Gasteiger partial charge on any atom is 0.416 e. The number of carbonyl (C=O) groups is 1. The molecule has 1 N–H and O–H groups in total. The number of benzene rings is 2. The average Bonchev–Trinajstić information content (AvgIpc) is 2.65. The molecule has 0 radical (unpaired) electrons. The van der Waals surface area contributed by atoms with Gasteiger partial charge >= 0.3 is 12.1 Å². The number of fused-ring (bicyclic) bond motifs is 1. The van der Waals surface area contributed by atoms with E-state index in [4.69, 9.17) is 9.47 Å². The summed E-state index contributed by atoms with van der Waals surface area (Å²) in [5.41, 5.74) is -0.223. The summed E-state index contributed by atoms with van der Waals surface area (Å²) in [5, 5.41) is 9.40. The summed E-state index contributed by atoms with van der Waals surface area (Å²) >= 11 is 0. The molecule has 2 aromatic carbocycles. The number of methoxy groups -OCH3 is 2. The second-order valence-electron chi connectivity index (χ2n) is 5.66. The third-order valence-electron chi connectivity index (χ3n) is 4.05. The van der Waals surface area contributed by atoms with Crippen molar-refractivity contribution >= 4 is 16.9 Å². The molecule has 0 fully saturated rings. The van der Waals surface area contributed by atoms with Gasteiger partial charge in [0, 0.05) is 10.9 Å². The lowest BCUT2D eigenvalue weighted by Crippen LogP contribution is -2.06. The normalized spacial score (nSPS) is 11.4. The average molecular weight is 377 g/mol. The fourth-order valence-corrected chi connectivity index (χ4v) is 2.72. The fraction of sp³-hybridized carbons (Fsp3) is 0.158. The lowest BCUT2D eigenvalue weighted by Gasteiger charge is -2.12. The predicted molar refractivity (Wildman–Crippen MR) is 92.2 cm³/mol. The molecule has 0 saturated heterocycles. The first kappa shape index (κ1) is 18.5. The van der Waals surface area contributed by atoms with Crippen molar-refractivity contribution in [1.29, 1.82) is 0 Å². The van der Waals surface area contributed by atoms with Crippen molar-refractivity contribution in [2.75, 3.05) is 14.2 Å². The second-order valence-corrected chi connectivity index (χ2v) is 5.66. The monoisotopic (exact) mass is 377 g/mol. The smallest absolute Gasteiger partial charge is 0.416 e. The Kier molecular flexibility index (Phi) is 4.65. The molecule has 3 rings (SSSR count). The van der Waals surface area contributed by atoms with Crippen LogP contribution >= 0.6 is 0 Å². The number of rotatable bonds is 4. The summed E-state index contributed by atoms with van der Waals surface area (Å²) in [7, 11) is 2.93. The topological polar surface area (TPSA) is 68.7 Å². The van der Waals surface area contributed by atoms with E-state index < -0.39 is 17.7 Å².